The minimum Gasteiger partial charge on any atom is -0.508 e. The zero-order valence-electron chi connectivity index (χ0n) is 11.7. The molecule has 0 radical (unpaired) electrons. The van der Waals surface area contributed by atoms with Crippen LogP contribution >= 0.6 is 0 Å². The number of esters is 1. The van der Waals surface area contributed by atoms with Gasteiger partial charge in [0.25, 0.3) is 0 Å². The van der Waals surface area contributed by atoms with Crippen LogP contribution in [0.25, 0.3) is 0 Å². The maximum Gasteiger partial charge on any atom is 0.312 e. The van der Waals surface area contributed by atoms with Crippen LogP contribution in [0.4, 0.5) is 0 Å². The van der Waals surface area contributed by atoms with Crippen LogP contribution in [0.5, 0.6) is 11.5 Å². The van der Waals surface area contributed by atoms with Crippen molar-refractivity contribution in [2.45, 2.75) is 26.2 Å². The molecule has 0 saturated carbocycles. The molecule has 1 unspecified atom stereocenters. The van der Waals surface area contributed by atoms with Gasteiger partial charge in [-0.2, -0.15) is 0 Å². The summed E-state index contributed by atoms with van der Waals surface area (Å²) >= 11 is 0. The second kappa shape index (κ2) is 6.24. The highest BCUT2D eigenvalue weighted by atomic mass is 16.5. The van der Waals surface area contributed by atoms with E-state index in [1.807, 2.05) is 50.2 Å². The molecule has 1 N–H and O–H groups in total. The Morgan fingerprint density at radius 1 is 1.10 bits per heavy atom. The largest absolute Gasteiger partial charge is 0.508 e. The Bertz CT molecular complexity index is 590. The van der Waals surface area contributed by atoms with Gasteiger partial charge in [-0.25, -0.2) is 0 Å². The number of ether oxygens (including phenoxy) is 1. The molecular weight excluding hydrogens is 252 g/mol. The number of benzene rings is 2. The highest BCUT2D eigenvalue weighted by molar-refractivity contribution is 5.77. The molecule has 0 amide bonds. The van der Waals surface area contributed by atoms with E-state index in [1.165, 1.54) is 6.07 Å². The monoisotopic (exact) mass is 270 g/mol. The highest BCUT2D eigenvalue weighted by Crippen LogP contribution is 2.39. The highest BCUT2D eigenvalue weighted by Gasteiger charge is 2.28. The molecule has 2 aromatic carbocycles. The van der Waals surface area contributed by atoms with Crippen LogP contribution in [0.2, 0.25) is 0 Å². The summed E-state index contributed by atoms with van der Waals surface area (Å²) in [5, 5.41) is 9.44. The van der Waals surface area contributed by atoms with Gasteiger partial charge >= 0.3 is 5.97 Å². The Kier molecular flexibility index (Phi) is 4.41. The van der Waals surface area contributed by atoms with Crippen LogP contribution in [0.1, 0.15) is 37.3 Å². The van der Waals surface area contributed by atoms with Gasteiger partial charge < -0.3 is 9.84 Å². The summed E-state index contributed by atoms with van der Waals surface area (Å²) in [6, 6.07) is 14.8. The standard InChI is InChI=1S/C15H12O3.C2H6/c16-11-6-7-12-13(10-4-2-1-3-5-10)9-15(17)18-14(12)8-11;1-2/h1-8,13,16H,9H2;1-2H3. The van der Waals surface area contributed by atoms with Crippen molar-refractivity contribution in [3.8, 4) is 11.5 Å². The quantitative estimate of drug-likeness (QED) is 0.632. The average molecular weight is 270 g/mol. The van der Waals surface area contributed by atoms with Gasteiger partial charge in [0, 0.05) is 17.5 Å². The molecule has 3 heteroatoms. The summed E-state index contributed by atoms with van der Waals surface area (Å²) in [7, 11) is 0. The maximum absolute atomic E-state index is 11.6. The van der Waals surface area contributed by atoms with Crippen LogP contribution in [0, 0.1) is 0 Å². The lowest BCUT2D eigenvalue weighted by Crippen LogP contribution is -2.20. The van der Waals surface area contributed by atoms with Crippen molar-refractivity contribution in [1.29, 1.82) is 0 Å². The number of hydrogen-bond acceptors (Lipinski definition) is 3. The van der Waals surface area contributed by atoms with E-state index in [0.717, 1.165) is 11.1 Å². The third-order valence-corrected chi connectivity index (χ3v) is 3.17. The zero-order valence-corrected chi connectivity index (χ0v) is 11.7. The summed E-state index contributed by atoms with van der Waals surface area (Å²) < 4.78 is 5.17. The smallest absolute Gasteiger partial charge is 0.312 e. The Balaban J connectivity index is 0.000000704. The van der Waals surface area contributed by atoms with Crippen LogP contribution in [-0.4, -0.2) is 11.1 Å². The van der Waals surface area contributed by atoms with Crippen LogP contribution in [0.3, 0.4) is 0 Å². The molecular formula is C17H18O3. The first-order valence-electron chi connectivity index (χ1n) is 6.82. The number of rotatable bonds is 1. The van der Waals surface area contributed by atoms with E-state index in [0.29, 0.717) is 12.2 Å². The number of aromatic hydroxyl groups is 1. The average Bonchev–Trinajstić information content (AvgIpc) is 2.49. The van der Waals surface area contributed by atoms with Gasteiger partial charge in [0.1, 0.15) is 11.5 Å². The van der Waals surface area contributed by atoms with Gasteiger partial charge in [-0.15, -0.1) is 0 Å². The molecule has 1 aliphatic rings. The van der Waals surface area contributed by atoms with E-state index in [-0.39, 0.29) is 17.6 Å². The molecule has 0 aliphatic carbocycles. The molecule has 104 valence electrons. The van der Waals surface area contributed by atoms with Gasteiger partial charge in [-0.1, -0.05) is 50.2 Å². The minimum absolute atomic E-state index is 0.00282. The number of phenols is 1. The SMILES string of the molecule is CC.O=C1CC(c2ccccc2)c2ccc(O)cc2O1. The molecule has 0 bridgehead atoms. The first-order chi connectivity index (χ1) is 9.74. The van der Waals surface area contributed by atoms with Gasteiger partial charge in [-0.05, 0) is 11.6 Å². The van der Waals surface area contributed by atoms with Crippen molar-refractivity contribution in [3.05, 3.63) is 59.7 Å². The lowest BCUT2D eigenvalue weighted by molar-refractivity contribution is -0.135. The maximum atomic E-state index is 11.6. The number of phenolic OH excluding ortho intramolecular Hbond substituents is 1. The number of fused-ring (bicyclic) bond motifs is 1. The third kappa shape index (κ3) is 2.82. The van der Waals surface area contributed by atoms with Gasteiger partial charge in [0.05, 0.1) is 6.42 Å². The summed E-state index contributed by atoms with van der Waals surface area (Å²) in [6.45, 7) is 4.00. The van der Waals surface area contributed by atoms with Gasteiger partial charge in [0.2, 0.25) is 0 Å². The Labute approximate surface area is 118 Å². The molecule has 3 nitrogen and oxygen atoms in total. The van der Waals surface area contributed by atoms with E-state index in [1.54, 1.807) is 6.07 Å². The molecule has 0 spiro atoms. The number of carbonyl (C=O) groups is 1. The summed E-state index contributed by atoms with van der Waals surface area (Å²) in [5.41, 5.74) is 2.03. The third-order valence-electron chi connectivity index (χ3n) is 3.17. The Hall–Kier alpha value is -2.29. The van der Waals surface area contributed by atoms with Crippen molar-refractivity contribution in [2.75, 3.05) is 0 Å². The molecule has 1 aliphatic heterocycles. The fraction of sp³-hybridized carbons (Fsp3) is 0.235. The second-order valence-corrected chi connectivity index (χ2v) is 4.36. The molecule has 0 fully saturated rings. The molecule has 0 aromatic heterocycles. The van der Waals surface area contributed by atoms with E-state index in [2.05, 4.69) is 0 Å². The molecule has 1 heterocycles. The van der Waals surface area contributed by atoms with Crippen molar-refractivity contribution < 1.29 is 14.6 Å². The molecule has 20 heavy (non-hydrogen) atoms. The molecule has 1 atom stereocenters. The predicted molar refractivity (Wildman–Crippen MR) is 78.0 cm³/mol. The second-order valence-electron chi connectivity index (χ2n) is 4.36. The van der Waals surface area contributed by atoms with Crippen molar-refractivity contribution in [3.63, 3.8) is 0 Å². The molecule has 2 aromatic rings. The van der Waals surface area contributed by atoms with Gasteiger partial charge in [0.15, 0.2) is 0 Å². The van der Waals surface area contributed by atoms with E-state index < -0.39 is 0 Å². The van der Waals surface area contributed by atoms with E-state index >= 15 is 0 Å². The van der Waals surface area contributed by atoms with E-state index in [9.17, 15) is 9.90 Å². The summed E-state index contributed by atoms with van der Waals surface area (Å²) in [4.78, 5) is 11.6. The van der Waals surface area contributed by atoms with Crippen LogP contribution < -0.4 is 4.74 Å². The fourth-order valence-electron chi connectivity index (χ4n) is 2.32. The van der Waals surface area contributed by atoms with Crippen LogP contribution in [0.15, 0.2) is 48.5 Å². The normalized spacial score (nSPS) is 16.5. The zero-order chi connectivity index (χ0) is 14.5. The molecule has 0 saturated heterocycles. The summed E-state index contributed by atoms with van der Waals surface area (Å²) in [5.74, 6) is 0.306. The van der Waals surface area contributed by atoms with Gasteiger partial charge in [-0.3, -0.25) is 4.79 Å². The predicted octanol–water partition coefficient (Wildman–Crippen LogP) is 3.86. The molecule has 3 rings (SSSR count). The first-order valence-corrected chi connectivity index (χ1v) is 6.82. The fourth-order valence-corrected chi connectivity index (χ4v) is 2.32. The Morgan fingerprint density at radius 2 is 1.80 bits per heavy atom. The first kappa shape index (κ1) is 14.1. The van der Waals surface area contributed by atoms with Crippen molar-refractivity contribution >= 4 is 5.97 Å². The van der Waals surface area contributed by atoms with E-state index in [4.69, 9.17) is 4.74 Å². The number of carbonyl (C=O) groups excluding carboxylic acids is 1. The van der Waals surface area contributed by atoms with Crippen molar-refractivity contribution in [1.82, 2.24) is 0 Å². The number of hydrogen-bond donors (Lipinski definition) is 1. The minimum atomic E-state index is -0.262. The summed E-state index contributed by atoms with van der Waals surface area (Å²) in [6.07, 6.45) is 0.335. The Morgan fingerprint density at radius 3 is 2.50 bits per heavy atom. The van der Waals surface area contributed by atoms with Crippen LogP contribution in [-0.2, 0) is 4.79 Å². The van der Waals surface area contributed by atoms with Crippen molar-refractivity contribution in [2.24, 2.45) is 0 Å². The lowest BCUT2D eigenvalue weighted by Gasteiger charge is -2.24. The topological polar surface area (TPSA) is 46.5 Å². The lowest BCUT2D eigenvalue weighted by atomic mass is 9.86.